The molecule has 0 unspecified atom stereocenters. The van der Waals surface area contributed by atoms with Crippen LogP contribution in [0, 0.1) is 11.3 Å². The van der Waals surface area contributed by atoms with E-state index in [4.69, 9.17) is 9.72 Å². The van der Waals surface area contributed by atoms with Gasteiger partial charge in [0.1, 0.15) is 27.1 Å². The number of hydrogen-bond donors (Lipinski definition) is 2. The number of rotatable bonds is 3. The van der Waals surface area contributed by atoms with Crippen molar-refractivity contribution in [2.75, 3.05) is 18.4 Å². The number of nitriles is 1. The van der Waals surface area contributed by atoms with Crippen LogP contribution in [0.25, 0.3) is 21.3 Å². The fraction of sp³-hybridized carbons (Fsp3) is 0.435. The van der Waals surface area contributed by atoms with Crippen LogP contribution < -0.4 is 10.6 Å². The largest absolute Gasteiger partial charge is 0.444 e. The third-order valence-electron chi connectivity index (χ3n) is 5.49. The second kappa shape index (κ2) is 8.85. The third-order valence-corrected chi connectivity index (χ3v) is 7.11. The molecule has 3 heterocycles. The first-order chi connectivity index (χ1) is 15.2. The van der Waals surface area contributed by atoms with Crippen molar-refractivity contribution in [3.63, 3.8) is 0 Å². The number of carbonyl (C=O) groups excluding carboxylic acids is 1. The Kier molecular flexibility index (Phi) is 6.30. The number of aromatic nitrogens is 2. The molecule has 7 nitrogen and oxygen atoms in total. The summed E-state index contributed by atoms with van der Waals surface area (Å²) < 4.78 is 9.19. The molecule has 1 aliphatic heterocycles. The molecular weight excluding hydrogens is 490 g/mol. The number of benzene rings is 1. The summed E-state index contributed by atoms with van der Waals surface area (Å²) in [5.74, 6) is 1.44. The molecule has 2 aromatic heterocycles. The van der Waals surface area contributed by atoms with E-state index in [9.17, 15) is 10.1 Å². The van der Waals surface area contributed by atoms with Gasteiger partial charge in [0.15, 0.2) is 0 Å². The summed E-state index contributed by atoms with van der Waals surface area (Å²) >= 11 is 5.04. The van der Waals surface area contributed by atoms with E-state index in [1.807, 2.05) is 25.2 Å². The van der Waals surface area contributed by atoms with Gasteiger partial charge in [-0.25, -0.2) is 9.78 Å². The standard InChI is InChI=1S/C23H26BrN5O2S/c1-23(2,3)31-22(30)28-21-15(12-25)17-14(6-5-7-16(17)32-21)18-19(24)27-20(29(18)4)13-8-10-26-11-9-13/h5-7,13,26H,8-11H2,1-4H3,(H,28,30). The van der Waals surface area contributed by atoms with Gasteiger partial charge in [0, 0.05) is 28.6 Å². The number of hydrogen-bond acceptors (Lipinski definition) is 6. The van der Waals surface area contributed by atoms with Crippen molar-refractivity contribution in [1.82, 2.24) is 14.9 Å². The van der Waals surface area contributed by atoms with Gasteiger partial charge in [0.25, 0.3) is 0 Å². The van der Waals surface area contributed by atoms with E-state index in [0.717, 1.165) is 57.7 Å². The van der Waals surface area contributed by atoms with Crippen molar-refractivity contribution in [2.45, 2.75) is 45.1 Å². The number of thiophene rings is 1. The number of ether oxygens (including phenoxy) is 1. The van der Waals surface area contributed by atoms with E-state index in [0.29, 0.717) is 16.5 Å². The summed E-state index contributed by atoms with van der Waals surface area (Å²) in [6, 6.07) is 8.22. The summed E-state index contributed by atoms with van der Waals surface area (Å²) in [5.41, 5.74) is 1.66. The number of amides is 1. The number of halogens is 1. The zero-order valence-corrected chi connectivity index (χ0v) is 21.0. The molecule has 3 aromatic rings. The lowest BCUT2D eigenvalue weighted by Gasteiger charge is -2.22. The highest BCUT2D eigenvalue weighted by Crippen LogP contribution is 2.43. The number of piperidine rings is 1. The molecule has 1 aromatic carbocycles. The van der Waals surface area contributed by atoms with Crippen LogP contribution >= 0.6 is 27.3 Å². The Morgan fingerprint density at radius 2 is 2.09 bits per heavy atom. The SMILES string of the molecule is Cn1c(C2CCNCC2)nc(Br)c1-c1cccc2sc(NC(=O)OC(C)(C)C)c(C#N)c12. The van der Waals surface area contributed by atoms with Crippen LogP contribution in [0.4, 0.5) is 9.80 Å². The molecule has 0 radical (unpaired) electrons. The van der Waals surface area contributed by atoms with E-state index >= 15 is 0 Å². The average molecular weight is 516 g/mol. The normalized spacial score (nSPS) is 15.0. The maximum Gasteiger partial charge on any atom is 0.412 e. The number of nitrogens with zero attached hydrogens (tertiary/aromatic N) is 3. The Balaban J connectivity index is 1.80. The fourth-order valence-corrected chi connectivity index (χ4v) is 5.88. The minimum atomic E-state index is -0.622. The molecule has 0 aliphatic carbocycles. The predicted octanol–water partition coefficient (Wildman–Crippen LogP) is 5.75. The predicted molar refractivity (Wildman–Crippen MR) is 131 cm³/mol. The number of anilines is 1. The summed E-state index contributed by atoms with van der Waals surface area (Å²) in [7, 11) is 2.03. The zero-order chi connectivity index (χ0) is 23.0. The summed E-state index contributed by atoms with van der Waals surface area (Å²) in [6.07, 6.45) is 1.52. The Hall–Kier alpha value is -2.41. The fourth-order valence-electron chi connectivity index (χ4n) is 4.16. The molecular formula is C23H26BrN5O2S. The van der Waals surface area contributed by atoms with Gasteiger partial charge in [-0.1, -0.05) is 12.1 Å². The first-order valence-corrected chi connectivity index (χ1v) is 12.2. The topological polar surface area (TPSA) is 92.0 Å². The summed E-state index contributed by atoms with van der Waals surface area (Å²) in [4.78, 5) is 17.2. The molecule has 0 atom stereocenters. The lowest BCUT2D eigenvalue weighted by molar-refractivity contribution is 0.0636. The lowest BCUT2D eigenvalue weighted by Crippen LogP contribution is -2.27. The molecule has 168 valence electrons. The molecule has 2 N–H and O–H groups in total. The van der Waals surface area contributed by atoms with Gasteiger partial charge in [-0.05, 0) is 68.7 Å². The van der Waals surface area contributed by atoms with E-state index in [1.165, 1.54) is 11.3 Å². The molecule has 1 aliphatic rings. The van der Waals surface area contributed by atoms with Gasteiger partial charge < -0.3 is 14.6 Å². The van der Waals surface area contributed by atoms with Gasteiger partial charge in [0.2, 0.25) is 0 Å². The van der Waals surface area contributed by atoms with Crippen LogP contribution in [0.15, 0.2) is 22.8 Å². The Bertz CT molecular complexity index is 1210. The van der Waals surface area contributed by atoms with E-state index in [1.54, 1.807) is 20.8 Å². The Morgan fingerprint density at radius 3 is 2.75 bits per heavy atom. The molecule has 1 saturated heterocycles. The van der Waals surface area contributed by atoms with Crippen LogP contribution in [0.5, 0.6) is 0 Å². The maximum absolute atomic E-state index is 12.4. The monoisotopic (exact) mass is 515 g/mol. The van der Waals surface area contributed by atoms with Crippen LogP contribution in [0.2, 0.25) is 0 Å². The molecule has 32 heavy (non-hydrogen) atoms. The van der Waals surface area contributed by atoms with Crippen molar-refractivity contribution >= 4 is 48.4 Å². The van der Waals surface area contributed by atoms with Gasteiger partial charge in [-0.3, -0.25) is 5.32 Å². The first-order valence-electron chi connectivity index (χ1n) is 10.6. The van der Waals surface area contributed by atoms with Gasteiger partial charge in [0.05, 0.1) is 11.3 Å². The second-order valence-electron chi connectivity index (χ2n) is 8.92. The third kappa shape index (κ3) is 4.40. The van der Waals surface area contributed by atoms with Crippen molar-refractivity contribution in [2.24, 2.45) is 7.05 Å². The van der Waals surface area contributed by atoms with Crippen LogP contribution in [0.3, 0.4) is 0 Å². The number of carbonyl (C=O) groups is 1. The molecule has 0 spiro atoms. The molecule has 4 rings (SSSR count). The van der Waals surface area contributed by atoms with Gasteiger partial charge in [-0.2, -0.15) is 5.26 Å². The van der Waals surface area contributed by atoms with E-state index in [2.05, 4.69) is 37.2 Å². The van der Waals surface area contributed by atoms with Crippen LogP contribution in [0.1, 0.15) is 50.9 Å². The minimum Gasteiger partial charge on any atom is -0.444 e. The molecule has 0 saturated carbocycles. The second-order valence-corrected chi connectivity index (χ2v) is 10.7. The minimum absolute atomic E-state index is 0.396. The summed E-state index contributed by atoms with van der Waals surface area (Å²) in [5, 5.41) is 17.5. The first kappa shape index (κ1) is 22.8. The highest BCUT2D eigenvalue weighted by Gasteiger charge is 2.26. The maximum atomic E-state index is 12.4. The summed E-state index contributed by atoms with van der Waals surface area (Å²) in [6.45, 7) is 7.40. The van der Waals surface area contributed by atoms with Gasteiger partial charge in [-0.15, -0.1) is 11.3 Å². The van der Waals surface area contributed by atoms with Crippen molar-refractivity contribution in [3.05, 3.63) is 34.2 Å². The molecule has 1 amide bonds. The van der Waals surface area contributed by atoms with Crippen molar-refractivity contribution in [3.8, 4) is 17.3 Å². The Labute approximate surface area is 199 Å². The van der Waals surface area contributed by atoms with E-state index < -0.39 is 11.7 Å². The van der Waals surface area contributed by atoms with Crippen molar-refractivity contribution in [1.29, 1.82) is 5.26 Å². The lowest BCUT2D eigenvalue weighted by atomic mass is 9.97. The highest BCUT2D eigenvalue weighted by molar-refractivity contribution is 9.10. The average Bonchev–Trinajstić information content (AvgIpc) is 3.23. The highest BCUT2D eigenvalue weighted by atomic mass is 79.9. The van der Waals surface area contributed by atoms with Crippen LogP contribution in [-0.2, 0) is 11.8 Å². The molecule has 0 bridgehead atoms. The quantitative estimate of drug-likeness (QED) is 0.463. The zero-order valence-electron chi connectivity index (χ0n) is 18.6. The van der Waals surface area contributed by atoms with Crippen LogP contribution in [-0.4, -0.2) is 34.3 Å². The smallest absolute Gasteiger partial charge is 0.412 e. The van der Waals surface area contributed by atoms with Gasteiger partial charge >= 0.3 is 6.09 Å². The molecule has 9 heteroatoms. The van der Waals surface area contributed by atoms with E-state index in [-0.39, 0.29) is 0 Å². The number of fused-ring (bicyclic) bond motifs is 1. The van der Waals surface area contributed by atoms with Crippen molar-refractivity contribution < 1.29 is 9.53 Å². The number of imidazole rings is 1. The molecule has 1 fully saturated rings. The number of nitrogens with one attached hydrogen (secondary N) is 2. The Morgan fingerprint density at radius 1 is 1.38 bits per heavy atom.